The second-order valence-corrected chi connectivity index (χ2v) is 4.78. The average Bonchev–Trinajstić information content (AvgIpc) is 3.10. The number of benzene rings is 1. The summed E-state index contributed by atoms with van der Waals surface area (Å²) in [5.74, 6) is 0.444. The number of thiophene rings is 1. The quantitative estimate of drug-likeness (QED) is 0.793. The SMILES string of the molecule is NC(=O)c1ccc(-c2nnc(-c3cccs3)o2)cc1. The minimum atomic E-state index is -0.462. The van der Waals surface area contributed by atoms with E-state index in [-0.39, 0.29) is 0 Å². The molecule has 0 radical (unpaired) electrons. The van der Waals surface area contributed by atoms with E-state index in [2.05, 4.69) is 10.2 Å². The Kier molecular flexibility index (Phi) is 2.85. The number of carbonyl (C=O) groups is 1. The maximum atomic E-state index is 11.0. The molecule has 3 rings (SSSR count). The fourth-order valence-corrected chi connectivity index (χ4v) is 2.26. The van der Waals surface area contributed by atoms with Crippen molar-refractivity contribution in [3.8, 4) is 22.2 Å². The van der Waals surface area contributed by atoms with Crippen LogP contribution >= 0.6 is 11.3 Å². The first-order valence-electron chi connectivity index (χ1n) is 5.51. The first-order valence-corrected chi connectivity index (χ1v) is 6.39. The minimum absolute atomic E-state index is 0.416. The van der Waals surface area contributed by atoms with Crippen LogP contribution in [0.15, 0.2) is 46.2 Å². The molecule has 0 atom stereocenters. The molecule has 1 amide bonds. The van der Waals surface area contributed by atoms with Crippen LogP contribution in [-0.2, 0) is 0 Å². The fourth-order valence-electron chi connectivity index (χ4n) is 1.62. The number of primary amides is 1. The molecule has 94 valence electrons. The van der Waals surface area contributed by atoms with Crippen LogP contribution in [0.4, 0.5) is 0 Å². The molecule has 0 aliphatic rings. The van der Waals surface area contributed by atoms with Gasteiger partial charge in [-0.25, -0.2) is 0 Å². The van der Waals surface area contributed by atoms with Gasteiger partial charge in [0.25, 0.3) is 5.89 Å². The van der Waals surface area contributed by atoms with E-state index in [1.54, 1.807) is 24.3 Å². The molecule has 0 aliphatic heterocycles. The third-order valence-electron chi connectivity index (χ3n) is 2.57. The van der Waals surface area contributed by atoms with Crippen LogP contribution in [0, 0.1) is 0 Å². The van der Waals surface area contributed by atoms with Gasteiger partial charge < -0.3 is 10.2 Å². The molecule has 0 saturated carbocycles. The number of rotatable bonds is 3. The van der Waals surface area contributed by atoms with Gasteiger partial charge in [-0.2, -0.15) is 0 Å². The highest BCUT2D eigenvalue weighted by Gasteiger charge is 2.11. The summed E-state index contributed by atoms with van der Waals surface area (Å²) in [4.78, 5) is 11.9. The number of carbonyl (C=O) groups excluding carboxylic acids is 1. The van der Waals surface area contributed by atoms with Gasteiger partial charge >= 0.3 is 0 Å². The summed E-state index contributed by atoms with van der Waals surface area (Å²) in [6, 6.07) is 10.6. The topological polar surface area (TPSA) is 82.0 Å². The number of nitrogens with two attached hydrogens (primary N) is 1. The predicted molar refractivity (Wildman–Crippen MR) is 71.6 cm³/mol. The van der Waals surface area contributed by atoms with Gasteiger partial charge in [-0.1, -0.05) is 6.07 Å². The molecule has 0 saturated heterocycles. The molecule has 19 heavy (non-hydrogen) atoms. The van der Waals surface area contributed by atoms with E-state index in [9.17, 15) is 4.79 Å². The monoisotopic (exact) mass is 271 g/mol. The highest BCUT2D eigenvalue weighted by atomic mass is 32.1. The molecule has 5 nitrogen and oxygen atoms in total. The smallest absolute Gasteiger partial charge is 0.258 e. The Bertz CT molecular complexity index is 702. The highest BCUT2D eigenvalue weighted by Crippen LogP contribution is 2.26. The van der Waals surface area contributed by atoms with Crippen molar-refractivity contribution in [1.29, 1.82) is 0 Å². The molecule has 0 unspecified atom stereocenters. The number of hydrogen-bond donors (Lipinski definition) is 1. The van der Waals surface area contributed by atoms with Gasteiger partial charge in [-0.05, 0) is 35.7 Å². The molecule has 0 aliphatic carbocycles. The van der Waals surface area contributed by atoms with Gasteiger partial charge in [0.1, 0.15) is 0 Å². The normalized spacial score (nSPS) is 10.5. The molecule has 0 fully saturated rings. The molecule has 2 N–H and O–H groups in total. The lowest BCUT2D eigenvalue weighted by atomic mass is 10.1. The van der Waals surface area contributed by atoms with Crippen molar-refractivity contribution in [3.63, 3.8) is 0 Å². The van der Waals surface area contributed by atoms with Crippen LogP contribution in [0.2, 0.25) is 0 Å². The first-order chi connectivity index (χ1) is 9.24. The third kappa shape index (κ3) is 2.25. The fraction of sp³-hybridized carbons (Fsp3) is 0. The van der Waals surface area contributed by atoms with Gasteiger partial charge in [-0.15, -0.1) is 21.5 Å². The zero-order valence-electron chi connectivity index (χ0n) is 9.74. The van der Waals surface area contributed by atoms with Gasteiger partial charge in [0.2, 0.25) is 11.8 Å². The summed E-state index contributed by atoms with van der Waals surface area (Å²) in [6.07, 6.45) is 0. The zero-order valence-corrected chi connectivity index (χ0v) is 10.6. The lowest BCUT2D eigenvalue weighted by Crippen LogP contribution is -2.10. The van der Waals surface area contributed by atoms with Crippen molar-refractivity contribution in [1.82, 2.24) is 10.2 Å². The predicted octanol–water partition coefficient (Wildman–Crippen LogP) is 2.56. The lowest BCUT2D eigenvalue weighted by molar-refractivity contribution is 0.100. The molecular weight excluding hydrogens is 262 g/mol. The maximum absolute atomic E-state index is 11.0. The summed E-state index contributed by atoms with van der Waals surface area (Å²) in [6.45, 7) is 0. The third-order valence-corrected chi connectivity index (χ3v) is 3.43. The van der Waals surface area contributed by atoms with Crippen LogP contribution in [0.5, 0.6) is 0 Å². The van der Waals surface area contributed by atoms with Crippen LogP contribution in [0.1, 0.15) is 10.4 Å². The Labute approximate surface area is 112 Å². The Morgan fingerprint density at radius 1 is 1.11 bits per heavy atom. The Hall–Kier alpha value is -2.47. The molecule has 3 aromatic rings. The van der Waals surface area contributed by atoms with Gasteiger partial charge in [-0.3, -0.25) is 4.79 Å². The molecule has 0 bridgehead atoms. The summed E-state index contributed by atoms with van der Waals surface area (Å²) in [5.41, 5.74) is 6.38. The summed E-state index contributed by atoms with van der Waals surface area (Å²) < 4.78 is 5.59. The van der Waals surface area contributed by atoms with Crippen molar-refractivity contribution < 1.29 is 9.21 Å². The van der Waals surface area contributed by atoms with E-state index >= 15 is 0 Å². The van der Waals surface area contributed by atoms with Crippen molar-refractivity contribution in [2.24, 2.45) is 5.73 Å². The molecule has 2 heterocycles. The van der Waals surface area contributed by atoms with Crippen molar-refractivity contribution in [3.05, 3.63) is 47.3 Å². The number of nitrogens with zero attached hydrogens (tertiary/aromatic N) is 2. The number of hydrogen-bond acceptors (Lipinski definition) is 5. The Balaban J connectivity index is 1.92. The first kappa shape index (κ1) is 11.6. The molecule has 6 heteroatoms. The Morgan fingerprint density at radius 2 is 1.84 bits per heavy atom. The highest BCUT2D eigenvalue weighted by molar-refractivity contribution is 7.13. The summed E-state index contributed by atoms with van der Waals surface area (Å²) in [5, 5.41) is 9.93. The van der Waals surface area contributed by atoms with E-state index in [0.717, 1.165) is 10.4 Å². The zero-order chi connectivity index (χ0) is 13.2. The van der Waals surface area contributed by atoms with E-state index < -0.39 is 5.91 Å². The van der Waals surface area contributed by atoms with Gasteiger partial charge in [0.05, 0.1) is 4.88 Å². The second kappa shape index (κ2) is 4.66. The summed E-state index contributed by atoms with van der Waals surface area (Å²) >= 11 is 1.53. The minimum Gasteiger partial charge on any atom is -0.415 e. The lowest BCUT2D eigenvalue weighted by Gasteiger charge is -1.96. The second-order valence-electron chi connectivity index (χ2n) is 3.83. The molecule has 0 spiro atoms. The molecule has 2 aromatic heterocycles. The number of amides is 1. The largest absolute Gasteiger partial charge is 0.415 e. The molecule has 1 aromatic carbocycles. The standard InChI is InChI=1S/C13H9N3O2S/c14-11(17)8-3-5-9(6-4-8)12-15-16-13(18-12)10-2-1-7-19-10/h1-7H,(H2,14,17). The van der Waals surface area contributed by atoms with E-state index in [1.165, 1.54) is 11.3 Å². The number of aromatic nitrogens is 2. The maximum Gasteiger partial charge on any atom is 0.258 e. The summed E-state index contributed by atoms with van der Waals surface area (Å²) in [7, 11) is 0. The average molecular weight is 271 g/mol. The molecular formula is C13H9N3O2S. The van der Waals surface area contributed by atoms with Crippen molar-refractivity contribution >= 4 is 17.2 Å². The van der Waals surface area contributed by atoms with Crippen LogP contribution in [-0.4, -0.2) is 16.1 Å². The van der Waals surface area contributed by atoms with E-state index in [1.807, 2.05) is 17.5 Å². The Morgan fingerprint density at radius 3 is 2.47 bits per heavy atom. The van der Waals surface area contributed by atoms with Crippen LogP contribution in [0.3, 0.4) is 0 Å². The van der Waals surface area contributed by atoms with Gasteiger partial charge in [0.15, 0.2) is 0 Å². The van der Waals surface area contributed by atoms with E-state index in [4.69, 9.17) is 10.2 Å². The van der Waals surface area contributed by atoms with E-state index in [0.29, 0.717) is 17.3 Å². The van der Waals surface area contributed by atoms with Crippen LogP contribution in [0.25, 0.3) is 22.2 Å². The van der Waals surface area contributed by atoms with Crippen molar-refractivity contribution in [2.45, 2.75) is 0 Å². The van der Waals surface area contributed by atoms with Crippen LogP contribution < -0.4 is 5.73 Å². The van der Waals surface area contributed by atoms with Gasteiger partial charge in [0, 0.05) is 11.1 Å². The van der Waals surface area contributed by atoms with Crippen molar-refractivity contribution in [2.75, 3.05) is 0 Å².